The quantitative estimate of drug-likeness (QED) is 0.629. The van der Waals surface area contributed by atoms with Gasteiger partial charge >= 0.3 is 0 Å². The zero-order valence-electron chi connectivity index (χ0n) is 10.5. The summed E-state index contributed by atoms with van der Waals surface area (Å²) in [6.45, 7) is 4.19. The van der Waals surface area contributed by atoms with E-state index in [1.54, 1.807) is 6.92 Å². The van der Waals surface area contributed by atoms with E-state index < -0.39 is 24.1 Å². The summed E-state index contributed by atoms with van der Waals surface area (Å²) in [5.41, 5.74) is 0.112. The van der Waals surface area contributed by atoms with E-state index in [4.69, 9.17) is 4.74 Å². The molecule has 0 atom stereocenters. The van der Waals surface area contributed by atoms with Gasteiger partial charge in [0.05, 0.1) is 6.61 Å². The summed E-state index contributed by atoms with van der Waals surface area (Å²) in [4.78, 5) is 0. The summed E-state index contributed by atoms with van der Waals surface area (Å²) in [6.07, 6.45) is 1.07. The first-order valence-electron chi connectivity index (χ1n) is 5.74. The first kappa shape index (κ1) is 15.1. The lowest BCUT2D eigenvalue weighted by Crippen LogP contribution is -2.03. The summed E-state index contributed by atoms with van der Waals surface area (Å²) in [5.74, 6) is -2.88. The molecule has 104 valence electrons. The van der Waals surface area contributed by atoms with E-state index in [0.717, 1.165) is 0 Å². The van der Waals surface area contributed by atoms with Crippen LogP contribution >= 0.6 is 0 Å². The number of allylic oxidation sites excluding steroid dienone is 3. The van der Waals surface area contributed by atoms with Crippen LogP contribution in [-0.4, -0.2) is 18.4 Å². The van der Waals surface area contributed by atoms with Gasteiger partial charge in [0.2, 0.25) is 5.82 Å². The van der Waals surface area contributed by atoms with Gasteiger partial charge in [0.25, 0.3) is 0 Å². The van der Waals surface area contributed by atoms with Gasteiger partial charge in [0.1, 0.15) is 12.4 Å². The number of hydrogen-bond donors (Lipinski definition) is 1. The minimum absolute atomic E-state index is 0.00384. The SMILES string of the molecule is C=C/C(Cc1ccc(OCC)c(F)c1F)=C(/O)CF. The van der Waals surface area contributed by atoms with Crippen molar-refractivity contribution in [3.8, 4) is 5.75 Å². The predicted octanol–water partition coefficient (Wildman–Crippen LogP) is 3.87. The second-order valence-electron chi connectivity index (χ2n) is 3.77. The van der Waals surface area contributed by atoms with Crippen LogP contribution in [0.15, 0.2) is 36.1 Å². The van der Waals surface area contributed by atoms with Crippen LogP contribution in [0.5, 0.6) is 5.75 Å². The molecular weight excluding hydrogens is 257 g/mol. The summed E-state index contributed by atoms with van der Waals surface area (Å²) in [5, 5.41) is 9.27. The van der Waals surface area contributed by atoms with Crippen molar-refractivity contribution >= 4 is 0 Å². The molecule has 0 aromatic heterocycles. The van der Waals surface area contributed by atoms with Crippen LogP contribution in [0.25, 0.3) is 0 Å². The molecule has 0 aliphatic rings. The van der Waals surface area contributed by atoms with Gasteiger partial charge in [-0.05, 0) is 24.1 Å². The molecule has 0 bridgehead atoms. The Labute approximate surface area is 109 Å². The molecule has 5 heteroatoms. The predicted molar refractivity (Wildman–Crippen MR) is 67.1 cm³/mol. The highest BCUT2D eigenvalue weighted by molar-refractivity contribution is 5.36. The molecule has 2 nitrogen and oxygen atoms in total. The van der Waals surface area contributed by atoms with Crippen molar-refractivity contribution in [2.45, 2.75) is 13.3 Å². The maximum Gasteiger partial charge on any atom is 0.200 e. The van der Waals surface area contributed by atoms with Gasteiger partial charge in [-0.15, -0.1) is 0 Å². The summed E-state index contributed by atoms with van der Waals surface area (Å²) < 4.78 is 44.6. The number of benzene rings is 1. The smallest absolute Gasteiger partial charge is 0.200 e. The normalized spacial score (nSPS) is 12.0. The molecule has 0 fully saturated rings. The van der Waals surface area contributed by atoms with Crippen LogP contribution in [0.3, 0.4) is 0 Å². The fourth-order valence-corrected chi connectivity index (χ4v) is 1.56. The lowest BCUT2D eigenvalue weighted by Gasteiger charge is -2.10. The molecule has 0 saturated carbocycles. The number of halogens is 3. The molecular formula is C14H15F3O2. The van der Waals surface area contributed by atoms with Crippen molar-refractivity contribution in [1.82, 2.24) is 0 Å². The van der Waals surface area contributed by atoms with Crippen molar-refractivity contribution in [3.63, 3.8) is 0 Å². The Morgan fingerprint density at radius 2 is 2.05 bits per heavy atom. The molecule has 1 aromatic rings. The topological polar surface area (TPSA) is 29.5 Å². The first-order valence-corrected chi connectivity index (χ1v) is 5.74. The average Bonchev–Trinajstić information content (AvgIpc) is 2.42. The zero-order valence-corrected chi connectivity index (χ0v) is 10.5. The van der Waals surface area contributed by atoms with Crippen LogP contribution in [0, 0.1) is 11.6 Å². The highest BCUT2D eigenvalue weighted by Crippen LogP contribution is 2.25. The molecule has 1 rings (SSSR count). The van der Waals surface area contributed by atoms with Crippen molar-refractivity contribution in [3.05, 3.63) is 53.3 Å². The van der Waals surface area contributed by atoms with E-state index >= 15 is 0 Å². The summed E-state index contributed by atoms with van der Waals surface area (Å²) >= 11 is 0. The Morgan fingerprint density at radius 1 is 1.37 bits per heavy atom. The Morgan fingerprint density at radius 3 is 2.58 bits per heavy atom. The Bertz CT molecular complexity index is 496. The van der Waals surface area contributed by atoms with E-state index in [0.29, 0.717) is 0 Å². The van der Waals surface area contributed by atoms with Crippen molar-refractivity contribution in [2.24, 2.45) is 0 Å². The molecule has 0 unspecified atom stereocenters. The maximum absolute atomic E-state index is 13.8. The van der Waals surface area contributed by atoms with E-state index in [1.807, 2.05) is 0 Å². The molecule has 0 spiro atoms. The van der Waals surface area contributed by atoms with Gasteiger partial charge in [-0.3, -0.25) is 0 Å². The van der Waals surface area contributed by atoms with Crippen LogP contribution in [0.4, 0.5) is 13.2 Å². The molecule has 0 aliphatic heterocycles. The lowest BCUT2D eigenvalue weighted by atomic mass is 10.0. The minimum Gasteiger partial charge on any atom is -0.509 e. The van der Waals surface area contributed by atoms with Gasteiger partial charge < -0.3 is 9.84 Å². The van der Waals surface area contributed by atoms with Crippen molar-refractivity contribution in [2.75, 3.05) is 13.3 Å². The molecule has 0 heterocycles. The monoisotopic (exact) mass is 272 g/mol. The average molecular weight is 272 g/mol. The second kappa shape index (κ2) is 6.87. The van der Waals surface area contributed by atoms with Gasteiger partial charge in [-0.1, -0.05) is 18.7 Å². The number of hydrogen-bond acceptors (Lipinski definition) is 2. The molecule has 0 amide bonds. The van der Waals surface area contributed by atoms with Crippen LogP contribution < -0.4 is 4.74 Å². The fraction of sp³-hybridized carbons (Fsp3) is 0.286. The highest BCUT2D eigenvalue weighted by Gasteiger charge is 2.15. The van der Waals surface area contributed by atoms with E-state index in [2.05, 4.69) is 6.58 Å². The molecule has 1 N–H and O–H groups in total. The van der Waals surface area contributed by atoms with E-state index in [-0.39, 0.29) is 29.9 Å². The van der Waals surface area contributed by atoms with Crippen molar-refractivity contribution in [1.29, 1.82) is 0 Å². The Balaban J connectivity index is 3.10. The minimum atomic E-state index is -1.09. The fourth-order valence-electron chi connectivity index (χ4n) is 1.56. The first-order chi connectivity index (χ1) is 9.04. The zero-order chi connectivity index (χ0) is 14.4. The molecule has 0 radical (unpaired) electrons. The van der Waals surface area contributed by atoms with Gasteiger partial charge in [-0.25, -0.2) is 8.78 Å². The van der Waals surface area contributed by atoms with Crippen LogP contribution in [-0.2, 0) is 6.42 Å². The molecule has 19 heavy (non-hydrogen) atoms. The number of ether oxygens (including phenoxy) is 1. The number of alkyl halides is 1. The summed E-state index contributed by atoms with van der Waals surface area (Å²) in [7, 11) is 0. The van der Waals surface area contributed by atoms with Crippen molar-refractivity contribution < 1.29 is 23.0 Å². The van der Waals surface area contributed by atoms with Crippen LogP contribution in [0.1, 0.15) is 12.5 Å². The number of aliphatic hydroxyl groups excluding tert-OH is 1. The van der Waals surface area contributed by atoms with Crippen LogP contribution in [0.2, 0.25) is 0 Å². The maximum atomic E-state index is 13.8. The van der Waals surface area contributed by atoms with Gasteiger partial charge in [-0.2, -0.15) is 4.39 Å². The number of rotatable bonds is 6. The second-order valence-corrected chi connectivity index (χ2v) is 3.77. The highest BCUT2D eigenvalue weighted by atomic mass is 19.2. The molecule has 1 aromatic carbocycles. The third kappa shape index (κ3) is 3.53. The Hall–Kier alpha value is -1.91. The van der Waals surface area contributed by atoms with E-state index in [1.165, 1.54) is 18.2 Å². The lowest BCUT2D eigenvalue weighted by molar-refractivity contribution is 0.313. The number of aliphatic hydroxyl groups is 1. The Kier molecular flexibility index (Phi) is 5.48. The summed E-state index contributed by atoms with van der Waals surface area (Å²) in [6, 6.07) is 2.63. The van der Waals surface area contributed by atoms with Gasteiger partial charge in [0.15, 0.2) is 11.6 Å². The molecule has 0 aliphatic carbocycles. The molecule has 0 saturated heterocycles. The standard InChI is InChI=1S/C14H15F3O2/c1-3-9(11(18)8-15)7-10-5-6-12(19-4-2)14(17)13(10)16/h3,5-6,18H,1,4,7-8H2,2H3/b11-9-. The third-order valence-electron chi connectivity index (χ3n) is 2.55. The third-order valence-corrected chi connectivity index (χ3v) is 2.55. The largest absolute Gasteiger partial charge is 0.509 e. The van der Waals surface area contributed by atoms with Gasteiger partial charge in [0, 0.05) is 6.42 Å². The van der Waals surface area contributed by atoms with E-state index in [9.17, 15) is 18.3 Å².